The summed E-state index contributed by atoms with van der Waals surface area (Å²) in [4.78, 5) is 2.39. The summed E-state index contributed by atoms with van der Waals surface area (Å²) in [5.41, 5.74) is 0. The number of likely N-dealkylation sites (tertiary alicyclic amines) is 1. The first-order chi connectivity index (χ1) is 6.34. The standard InChI is InChI=1S/C10H20N2O/c13-10-3-6-12(8-10)5-2-9-1-4-11-7-9/h9-11,13H,1-8H2. The van der Waals surface area contributed by atoms with E-state index >= 15 is 0 Å². The Morgan fingerprint density at radius 2 is 2.31 bits per heavy atom. The molecule has 3 nitrogen and oxygen atoms in total. The van der Waals surface area contributed by atoms with Gasteiger partial charge in [-0.15, -0.1) is 0 Å². The molecular formula is C10H20N2O. The minimum Gasteiger partial charge on any atom is -0.392 e. The second kappa shape index (κ2) is 4.40. The molecular weight excluding hydrogens is 164 g/mol. The van der Waals surface area contributed by atoms with Crippen molar-refractivity contribution in [1.29, 1.82) is 0 Å². The molecule has 0 aromatic carbocycles. The summed E-state index contributed by atoms with van der Waals surface area (Å²) in [6, 6.07) is 0. The van der Waals surface area contributed by atoms with E-state index in [9.17, 15) is 5.11 Å². The summed E-state index contributed by atoms with van der Waals surface area (Å²) >= 11 is 0. The summed E-state index contributed by atoms with van der Waals surface area (Å²) in [6.07, 6.45) is 3.57. The van der Waals surface area contributed by atoms with Crippen molar-refractivity contribution in [2.75, 3.05) is 32.7 Å². The van der Waals surface area contributed by atoms with Crippen LogP contribution in [-0.4, -0.2) is 48.8 Å². The third-order valence-corrected chi connectivity index (χ3v) is 3.26. The van der Waals surface area contributed by atoms with Crippen molar-refractivity contribution >= 4 is 0 Å². The number of nitrogens with one attached hydrogen (secondary N) is 1. The van der Waals surface area contributed by atoms with E-state index in [0.29, 0.717) is 0 Å². The van der Waals surface area contributed by atoms with Gasteiger partial charge in [-0.05, 0) is 44.8 Å². The molecule has 0 aromatic rings. The van der Waals surface area contributed by atoms with Crippen LogP contribution >= 0.6 is 0 Å². The van der Waals surface area contributed by atoms with Crippen LogP contribution in [0.1, 0.15) is 19.3 Å². The van der Waals surface area contributed by atoms with E-state index in [0.717, 1.165) is 25.4 Å². The Bertz CT molecular complexity index is 157. The molecule has 2 aliphatic rings. The smallest absolute Gasteiger partial charge is 0.0679 e. The lowest BCUT2D eigenvalue weighted by Crippen LogP contribution is -2.25. The molecule has 2 atom stereocenters. The van der Waals surface area contributed by atoms with E-state index in [2.05, 4.69) is 10.2 Å². The molecule has 0 radical (unpaired) electrons. The fourth-order valence-corrected chi connectivity index (χ4v) is 2.34. The molecule has 0 bridgehead atoms. The lowest BCUT2D eigenvalue weighted by molar-refractivity contribution is 0.174. The van der Waals surface area contributed by atoms with E-state index in [1.165, 1.54) is 32.5 Å². The maximum atomic E-state index is 9.34. The molecule has 0 saturated carbocycles. The van der Waals surface area contributed by atoms with Gasteiger partial charge in [0.1, 0.15) is 0 Å². The van der Waals surface area contributed by atoms with Gasteiger partial charge >= 0.3 is 0 Å². The van der Waals surface area contributed by atoms with E-state index in [1.54, 1.807) is 0 Å². The average molecular weight is 184 g/mol. The van der Waals surface area contributed by atoms with Gasteiger partial charge in [-0.3, -0.25) is 0 Å². The highest BCUT2D eigenvalue weighted by atomic mass is 16.3. The zero-order chi connectivity index (χ0) is 9.10. The van der Waals surface area contributed by atoms with Gasteiger partial charge in [0.15, 0.2) is 0 Å². The van der Waals surface area contributed by atoms with Crippen LogP contribution in [0.25, 0.3) is 0 Å². The van der Waals surface area contributed by atoms with Gasteiger partial charge in [0.25, 0.3) is 0 Å². The lowest BCUT2D eigenvalue weighted by atomic mass is 10.1. The van der Waals surface area contributed by atoms with Crippen LogP contribution < -0.4 is 5.32 Å². The van der Waals surface area contributed by atoms with Gasteiger partial charge in [-0.2, -0.15) is 0 Å². The molecule has 0 aromatic heterocycles. The van der Waals surface area contributed by atoms with Gasteiger partial charge < -0.3 is 15.3 Å². The molecule has 2 saturated heterocycles. The summed E-state index contributed by atoms with van der Waals surface area (Å²) in [5.74, 6) is 0.887. The number of β-amino-alcohol motifs (C(OH)–C–C–N with tert-alkyl or cyclic N) is 1. The predicted molar refractivity (Wildman–Crippen MR) is 52.7 cm³/mol. The van der Waals surface area contributed by atoms with Crippen LogP contribution in [0.4, 0.5) is 0 Å². The largest absolute Gasteiger partial charge is 0.392 e. The zero-order valence-electron chi connectivity index (χ0n) is 8.21. The maximum absolute atomic E-state index is 9.34. The molecule has 2 heterocycles. The Kier molecular flexibility index (Phi) is 3.19. The molecule has 2 rings (SSSR count). The summed E-state index contributed by atoms with van der Waals surface area (Å²) in [7, 11) is 0. The Hall–Kier alpha value is -0.120. The highest BCUT2D eigenvalue weighted by Crippen LogP contribution is 2.15. The predicted octanol–water partition coefficient (Wildman–Crippen LogP) is 0.0526. The van der Waals surface area contributed by atoms with Crippen LogP contribution in [-0.2, 0) is 0 Å². The van der Waals surface area contributed by atoms with Crippen molar-refractivity contribution in [3.8, 4) is 0 Å². The molecule has 76 valence electrons. The van der Waals surface area contributed by atoms with Gasteiger partial charge in [0.05, 0.1) is 6.10 Å². The minimum absolute atomic E-state index is 0.0540. The second-order valence-corrected chi connectivity index (χ2v) is 4.39. The van der Waals surface area contributed by atoms with E-state index in [4.69, 9.17) is 0 Å². The summed E-state index contributed by atoms with van der Waals surface area (Å²) < 4.78 is 0. The van der Waals surface area contributed by atoms with Gasteiger partial charge in [-0.1, -0.05) is 0 Å². The molecule has 2 fully saturated rings. The first kappa shape index (κ1) is 9.44. The topological polar surface area (TPSA) is 35.5 Å². The second-order valence-electron chi connectivity index (χ2n) is 4.39. The first-order valence-electron chi connectivity index (χ1n) is 5.46. The highest BCUT2D eigenvalue weighted by molar-refractivity contribution is 4.77. The van der Waals surface area contributed by atoms with Gasteiger partial charge in [-0.25, -0.2) is 0 Å². The number of hydrogen-bond acceptors (Lipinski definition) is 3. The summed E-state index contributed by atoms with van der Waals surface area (Å²) in [6.45, 7) is 5.59. The molecule has 2 aliphatic heterocycles. The first-order valence-corrected chi connectivity index (χ1v) is 5.46. The Labute approximate surface area is 80.1 Å². The molecule has 0 aliphatic carbocycles. The number of rotatable bonds is 3. The third-order valence-electron chi connectivity index (χ3n) is 3.26. The van der Waals surface area contributed by atoms with Gasteiger partial charge in [0.2, 0.25) is 0 Å². The third kappa shape index (κ3) is 2.66. The van der Waals surface area contributed by atoms with Crippen LogP contribution in [0.2, 0.25) is 0 Å². The normalized spacial score (nSPS) is 35.8. The fraction of sp³-hybridized carbons (Fsp3) is 1.00. The van der Waals surface area contributed by atoms with Gasteiger partial charge in [0, 0.05) is 13.1 Å². The lowest BCUT2D eigenvalue weighted by Gasteiger charge is -2.16. The number of aliphatic hydroxyl groups excluding tert-OH is 1. The minimum atomic E-state index is -0.0540. The maximum Gasteiger partial charge on any atom is 0.0679 e. The molecule has 2 N–H and O–H groups in total. The molecule has 13 heavy (non-hydrogen) atoms. The molecule has 3 heteroatoms. The van der Waals surface area contributed by atoms with Crippen molar-refractivity contribution in [2.45, 2.75) is 25.4 Å². The Morgan fingerprint density at radius 1 is 1.38 bits per heavy atom. The van der Waals surface area contributed by atoms with Crippen molar-refractivity contribution in [3.05, 3.63) is 0 Å². The van der Waals surface area contributed by atoms with Crippen molar-refractivity contribution in [3.63, 3.8) is 0 Å². The Morgan fingerprint density at radius 3 is 2.92 bits per heavy atom. The van der Waals surface area contributed by atoms with Crippen molar-refractivity contribution < 1.29 is 5.11 Å². The van der Waals surface area contributed by atoms with Crippen molar-refractivity contribution in [1.82, 2.24) is 10.2 Å². The number of nitrogens with zero attached hydrogens (tertiary/aromatic N) is 1. The molecule has 0 amide bonds. The zero-order valence-corrected chi connectivity index (χ0v) is 8.21. The monoisotopic (exact) mass is 184 g/mol. The number of aliphatic hydroxyl groups is 1. The number of hydrogen-bond donors (Lipinski definition) is 2. The fourth-order valence-electron chi connectivity index (χ4n) is 2.34. The van der Waals surface area contributed by atoms with Crippen LogP contribution in [0.15, 0.2) is 0 Å². The Balaban J connectivity index is 1.62. The van der Waals surface area contributed by atoms with Crippen LogP contribution in [0.5, 0.6) is 0 Å². The average Bonchev–Trinajstić information content (AvgIpc) is 2.71. The van der Waals surface area contributed by atoms with E-state index in [-0.39, 0.29) is 6.10 Å². The van der Waals surface area contributed by atoms with E-state index < -0.39 is 0 Å². The molecule has 2 unspecified atom stereocenters. The SMILES string of the molecule is OC1CCN(CCC2CCNC2)C1. The van der Waals surface area contributed by atoms with Crippen molar-refractivity contribution in [2.24, 2.45) is 5.92 Å². The quantitative estimate of drug-likeness (QED) is 0.651. The molecule has 0 spiro atoms. The van der Waals surface area contributed by atoms with Crippen LogP contribution in [0, 0.1) is 5.92 Å². The highest BCUT2D eigenvalue weighted by Gasteiger charge is 2.21. The van der Waals surface area contributed by atoms with Crippen LogP contribution in [0.3, 0.4) is 0 Å². The summed E-state index contributed by atoms with van der Waals surface area (Å²) in [5, 5.41) is 12.7. The van der Waals surface area contributed by atoms with E-state index in [1.807, 2.05) is 0 Å².